The number of para-hydroxylation sites is 1. The highest BCUT2D eigenvalue weighted by atomic mass is 32.1. The molecule has 106 valence electrons. The minimum absolute atomic E-state index is 0.468. The predicted octanol–water partition coefficient (Wildman–Crippen LogP) is 4.49. The third-order valence-corrected chi connectivity index (χ3v) is 3.34. The Morgan fingerprint density at radius 3 is 2.33 bits per heavy atom. The van der Waals surface area contributed by atoms with Gasteiger partial charge in [0.2, 0.25) is 0 Å². The summed E-state index contributed by atoms with van der Waals surface area (Å²) >= 11 is 5.28. The van der Waals surface area contributed by atoms with E-state index in [1.807, 2.05) is 30.3 Å². The molecule has 0 atom stereocenters. The fourth-order valence-electron chi connectivity index (χ4n) is 1.93. The van der Waals surface area contributed by atoms with E-state index in [1.165, 1.54) is 5.56 Å². The van der Waals surface area contributed by atoms with Crippen molar-refractivity contribution in [1.29, 1.82) is 5.26 Å². The molecule has 0 radical (unpaired) electrons. The molecule has 0 heterocycles. The number of anilines is 2. The van der Waals surface area contributed by atoms with Crippen molar-refractivity contribution in [3.63, 3.8) is 0 Å². The van der Waals surface area contributed by atoms with Crippen molar-refractivity contribution in [1.82, 2.24) is 0 Å². The fraction of sp³-hybridized carbons (Fsp3) is 0.176. The Hall–Kier alpha value is -2.38. The summed E-state index contributed by atoms with van der Waals surface area (Å²) in [6.07, 6.45) is 0. The van der Waals surface area contributed by atoms with Crippen molar-refractivity contribution in [2.75, 3.05) is 10.6 Å². The van der Waals surface area contributed by atoms with Gasteiger partial charge in [-0.25, -0.2) is 0 Å². The first kappa shape index (κ1) is 15.0. The highest BCUT2D eigenvalue weighted by molar-refractivity contribution is 7.80. The van der Waals surface area contributed by atoms with Gasteiger partial charge < -0.3 is 10.6 Å². The Labute approximate surface area is 130 Å². The van der Waals surface area contributed by atoms with E-state index in [-0.39, 0.29) is 0 Å². The third kappa shape index (κ3) is 4.04. The summed E-state index contributed by atoms with van der Waals surface area (Å²) in [6, 6.07) is 17.6. The molecule has 0 amide bonds. The van der Waals surface area contributed by atoms with Gasteiger partial charge in [-0.15, -0.1) is 0 Å². The van der Waals surface area contributed by atoms with Crippen LogP contribution < -0.4 is 10.6 Å². The third-order valence-electron chi connectivity index (χ3n) is 3.13. The molecule has 2 N–H and O–H groups in total. The maximum Gasteiger partial charge on any atom is 0.175 e. The van der Waals surface area contributed by atoms with Crippen LogP contribution in [0, 0.1) is 11.3 Å². The lowest BCUT2D eigenvalue weighted by atomic mass is 10.0. The summed E-state index contributed by atoms with van der Waals surface area (Å²) in [6.45, 7) is 4.32. The van der Waals surface area contributed by atoms with E-state index >= 15 is 0 Å². The first-order valence-corrected chi connectivity index (χ1v) is 7.18. The molecule has 0 fully saturated rings. The Kier molecular flexibility index (Phi) is 4.91. The summed E-state index contributed by atoms with van der Waals surface area (Å²) in [5.41, 5.74) is 3.48. The summed E-state index contributed by atoms with van der Waals surface area (Å²) in [4.78, 5) is 0. The number of nitriles is 1. The average Bonchev–Trinajstić information content (AvgIpc) is 2.48. The van der Waals surface area contributed by atoms with E-state index in [9.17, 15) is 0 Å². The molecule has 0 saturated heterocycles. The SMILES string of the molecule is CC(C)c1ccc(NC(=S)Nc2ccccc2C#N)cc1. The lowest BCUT2D eigenvalue weighted by Gasteiger charge is -2.12. The van der Waals surface area contributed by atoms with Gasteiger partial charge in [0.05, 0.1) is 11.3 Å². The molecule has 0 spiro atoms. The van der Waals surface area contributed by atoms with Crippen LogP contribution in [0.25, 0.3) is 0 Å². The molecule has 4 heteroatoms. The maximum atomic E-state index is 9.05. The first-order chi connectivity index (χ1) is 10.1. The smallest absolute Gasteiger partial charge is 0.175 e. The Bertz CT molecular complexity index is 669. The van der Waals surface area contributed by atoms with Crippen molar-refractivity contribution < 1.29 is 0 Å². The van der Waals surface area contributed by atoms with Crippen molar-refractivity contribution in [2.24, 2.45) is 0 Å². The molecule has 0 aliphatic rings. The van der Waals surface area contributed by atoms with Gasteiger partial charge in [-0.05, 0) is 48.0 Å². The van der Waals surface area contributed by atoms with Gasteiger partial charge in [0.25, 0.3) is 0 Å². The zero-order valence-electron chi connectivity index (χ0n) is 12.1. The van der Waals surface area contributed by atoms with E-state index in [1.54, 1.807) is 6.07 Å². The van der Waals surface area contributed by atoms with Gasteiger partial charge in [-0.3, -0.25) is 0 Å². The zero-order valence-corrected chi connectivity index (χ0v) is 12.9. The number of hydrogen-bond acceptors (Lipinski definition) is 2. The molecule has 0 aliphatic carbocycles. The van der Waals surface area contributed by atoms with E-state index in [2.05, 4.69) is 42.7 Å². The minimum Gasteiger partial charge on any atom is -0.332 e. The summed E-state index contributed by atoms with van der Waals surface area (Å²) < 4.78 is 0. The standard InChI is InChI=1S/C17H17N3S/c1-12(2)13-7-9-15(10-8-13)19-17(21)20-16-6-4-3-5-14(16)11-18/h3-10,12H,1-2H3,(H2,19,20,21). The molecule has 0 saturated carbocycles. The molecule has 0 unspecified atom stereocenters. The average molecular weight is 295 g/mol. The summed E-state index contributed by atoms with van der Waals surface area (Å²) in [7, 11) is 0. The van der Waals surface area contributed by atoms with Gasteiger partial charge in [0.15, 0.2) is 5.11 Å². The van der Waals surface area contributed by atoms with E-state index in [4.69, 9.17) is 17.5 Å². The Morgan fingerprint density at radius 2 is 1.71 bits per heavy atom. The quantitative estimate of drug-likeness (QED) is 0.819. The Balaban J connectivity index is 2.03. The van der Waals surface area contributed by atoms with Crippen LogP contribution in [0.1, 0.15) is 30.9 Å². The number of thiocarbonyl (C=S) groups is 1. The van der Waals surface area contributed by atoms with Crippen molar-refractivity contribution in [3.05, 3.63) is 59.7 Å². The summed E-state index contributed by atoms with van der Waals surface area (Å²) in [5, 5.41) is 15.7. The normalized spacial score (nSPS) is 10.0. The molecule has 0 aromatic heterocycles. The van der Waals surface area contributed by atoms with Crippen molar-refractivity contribution in [3.8, 4) is 6.07 Å². The number of benzene rings is 2. The first-order valence-electron chi connectivity index (χ1n) is 6.77. The lowest BCUT2D eigenvalue weighted by molar-refractivity contribution is 0.867. The van der Waals surface area contributed by atoms with Gasteiger partial charge in [0.1, 0.15) is 6.07 Å². The molecule has 2 aromatic carbocycles. The van der Waals surface area contributed by atoms with Crippen LogP contribution in [-0.2, 0) is 0 Å². The summed E-state index contributed by atoms with van der Waals surface area (Å²) in [5.74, 6) is 0.506. The van der Waals surface area contributed by atoms with Gasteiger partial charge in [-0.1, -0.05) is 38.1 Å². The van der Waals surface area contributed by atoms with Crippen LogP contribution in [0.4, 0.5) is 11.4 Å². The van der Waals surface area contributed by atoms with Crippen LogP contribution >= 0.6 is 12.2 Å². The number of nitrogens with one attached hydrogen (secondary N) is 2. The molecular formula is C17H17N3S. The van der Waals surface area contributed by atoms with Crippen molar-refractivity contribution in [2.45, 2.75) is 19.8 Å². The van der Waals surface area contributed by atoms with Gasteiger partial charge in [-0.2, -0.15) is 5.26 Å². The maximum absolute atomic E-state index is 9.05. The number of rotatable bonds is 3. The van der Waals surface area contributed by atoms with Gasteiger partial charge >= 0.3 is 0 Å². The number of hydrogen-bond donors (Lipinski definition) is 2. The van der Waals surface area contributed by atoms with Crippen LogP contribution in [0.15, 0.2) is 48.5 Å². The molecular weight excluding hydrogens is 278 g/mol. The highest BCUT2D eigenvalue weighted by Gasteiger charge is 2.04. The second-order valence-corrected chi connectivity index (χ2v) is 5.42. The monoisotopic (exact) mass is 295 g/mol. The van der Waals surface area contributed by atoms with Crippen molar-refractivity contribution >= 4 is 28.7 Å². The molecule has 2 aromatic rings. The van der Waals surface area contributed by atoms with Crippen LogP contribution in [0.3, 0.4) is 0 Å². The van der Waals surface area contributed by atoms with E-state index in [0.717, 1.165) is 5.69 Å². The van der Waals surface area contributed by atoms with Crippen LogP contribution in [-0.4, -0.2) is 5.11 Å². The molecule has 2 rings (SSSR count). The second kappa shape index (κ2) is 6.87. The molecule has 21 heavy (non-hydrogen) atoms. The minimum atomic E-state index is 0.468. The Morgan fingerprint density at radius 1 is 1.05 bits per heavy atom. The van der Waals surface area contributed by atoms with Crippen LogP contribution in [0.5, 0.6) is 0 Å². The van der Waals surface area contributed by atoms with Gasteiger partial charge in [0, 0.05) is 5.69 Å². The van der Waals surface area contributed by atoms with E-state index < -0.39 is 0 Å². The lowest BCUT2D eigenvalue weighted by Crippen LogP contribution is -2.19. The highest BCUT2D eigenvalue weighted by Crippen LogP contribution is 2.18. The van der Waals surface area contributed by atoms with Crippen LogP contribution in [0.2, 0.25) is 0 Å². The van der Waals surface area contributed by atoms with E-state index in [0.29, 0.717) is 22.3 Å². The molecule has 0 bridgehead atoms. The second-order valence-electron chi connectivity index (χ2n) is 5.01. The molecule has 3 nitrogen and oxygen atoms in total. The number of nitrogens with zero attached hydrogens (tertiary/aromatic N) is 1. The largest absolute Gasteiger partial charge is 0.332 e. The molecule has 0 aliphatic heterocycles. The predicted molar refractivity (Wildman–Crippen MR) is 91.5 cm³/mol. The zero-order chi connectivity index (χ0) is 15.2. The fourth-order valence-corrected chi connectivity index (χ4v) is 2.15. The topological polar surface area (TPSA) is 47.8 Å².